The zero-order valence-corrected chi connectivity index (χ0v) is 11.2. The molecule has 5 nitrogen and oxygen atoms in total. The first-order valence-electron chi connectivity index (χ1n) is 5.56. The number of rotatable bonds is 2. The Bertz CT molecular complexity index is 461. The van der Waals surface area contributed by atoms with Crippen molar-refractivity contribution in [3.63, 3.8) is 0 Å². The number of carboxylic acid groups (broad SMARTS) is 1. The maximum atomic E-state index is 11.5. The van der Waals surface area contributed by atoms with Crippen LogP contribution in [-0.2, 0) is 9.59 Å². The van der Waals surface area contributed by atoms with Crippen molar-refractivity contribution in [3.05, 3.63) is 28.7 Å². The van der Waals surface area contributed by atoms with Crippen LogP contribution >= 0.6 is 15.9 Å². The van der Waals surface area contributed by atoms with Gasteiger partial charge >= 0.3 is 5.97 Å². The Labute approximate surface area is 113 Å². The number of aliphatic carboxylic acids is 1. The van der Waals surface area contributed by atoms with Crippen LogP contribution < -0.4 is 10.2 Å². The van der Waals surface area contributed by atoms with E-state index in [9.17, 15) is 9.59 Å². The Morgan fingerprint density at radius 1 is 1.39 bits per heavy atom. The Morgan fingerprint density at radius 2 is 2.06 bits per heavy atom. The largest absolute Gasteiger partial charge is 0.481 e. The van der Waals surface area contributed by atoms with Gasteiger partial charge in [0.1, 0.15) is 0 Å². The summed E-state index contributed by atoms with van der Waals surface area (Å²) in [7, 11) is 0. The monoisotopic (exact) mass is 312 g/mol. The molecule has 1 aromatic rings. The summed E-state index contributed by atoms with van der Waals surface area (Å²) in [6.07, 6.45) is 0. The molecular weight excluding hydrogens is 300 g/mol. The number of halogens is 1. The van der Waals surface area contributed by atoms with E-state index in [1.807, 2.05) is 24.3 Å². The maximum Gasteiger partial charge on any atom is 0.310 e. The zero-order chi connectivity index (χ0) is 13.1. The number of carbonyl (C=O) groups is 2. The van der Waals surface area contributed by atoms with Gasteiger partial charge in [-0.15, -0.1) is 0 Å². The molecule has 2 N–H and O–H groups in total. The molecule has 0 radical (unpaired) electrons. The Hall–Kier alpha value is -1.56. The molecule has 0 aliphatic carbocycles. The van der Waals surface area contributed by atoms with E-state index in [2.05, 4.69) is 21.2 Å². The highest BCUT2D eigenvalue weighted by molar-refractivity contribution is 9.10. The zero-order valence-electron chi connectivity index (χ0n) is 9.60. The van der Waals surface area contributed by atoms with Gasteiger partial charge in [0.25, 0.3) is 0 Å². The minimum absolute atomic E-state index is 0.151. The average Bonchev–Trinajstić information content (AvgIpc) is 2.52. The van der Waals surface area contributed by atoms with Crippen molar-refractivity contribution >= 4 is 33.5 Å². The predicted molar refractivity (Wildman–Crippen MR) is 70.5 cm³/mol. The first kappa shape index (κ1) is 12.9. The molecule has 1 atom stereocenters. The second kappa shape index (κ2) is 5.39. The quantitative estimate of drug-likeness (QED) is 0.857. The maximum absolute atomic E-state index is 11.5. The number of amides is 1. The van der Waals surface area contributed by atoms with Gasteiger partial charge in [-0.25, -0.2) is 0 Å². The highest BCUT2D eigenvalue weighted by Crippen LogP contribution is 2.20. The topological polar surface area (TPSA) is 69.6 Å². The minimum Gasteiger partial charge on any atom is -0.481 e. The van der Waals surface area contributed by atoms with Crippen molar-refractivity contribution in [2.24, 2.45) is 5.92 Å². The number of carbonyl (C=O) groups excluding carboxylic acids is 1. The Kier molecular flexibility index (Phi) is 3.86. The molecule has 2 rings (SSSR count). The number of carboxylic acids is 1. The second-order valence-corrected chi connectivity index (χ2v) is 5.11. The van der Waals surface area contributed by atoms with Crippen molar-refractivity contribution in [1.29, 1.82) is 0 Å². The van der Waals surface area contributed by atoms with Crippen LogP contribution in [0.3, 0.4) is 0 Å². The lowest BCUT2D eigenvalue weighted by Crippen LogP contribution is -2.34. The molecule has 1 aliphatic heterocycles. The fourth-order valence-corrected chi connectivity index (χ4v) is 2.14. The normalized spacial score (nSPS) is 20.2. The summed E-state index contributed by atoms with van der Waals surface area (Å²) in [5, 5.41) is 11.7. The summed E-state index contributed by atoms with van der Waals surface area (Å²) >= 11 is 3.34. The number of hydrogen-bond donors (Lipinski definition) is 2. The molecule has 1 aromatic carbocycles. The lowest BCUT2D eigenvalue weighted by Gasteiger charge is -2.23. The smallest absolute Gasteiger partial charge is 0.310 e. The van der Waals surface area contributed by atoms with Gasteiger partial charge in [-0.05, 0) is 24.3 Å². The lowest BCUT2D eigenvalue weighted by atomic mass is 10.1. The SMILES string of the molecule is O=C1CN(c2ccc(Br)cc2)CC(C(=O)O)CN1. The standard InChI is InChI=1S/C12H13BrN2O3/c13-9-1-3-10(4-2-9)15-6-8(12(17)18)5-14-11(16)7-15/h1-4,8H,5-7H2,(H,14,16)(H,17,18). The van der Waals surface area contributed by atoms with Gasteiger partial charge < -0.3 is 15.3 Å². The van der Waals surface area contributed by atoms with Crippen molar-refractivity contribution in [1.82, 2.24) is 5.32 Å². The van der Waals surface area contributed by atoms with E-state index >= 15 is 0 Å². The molecule has 96 valence electrons. The molecule has 1 saturated heterocycles. The van der Waals surface area contributed by atoms with E-state index in [1.54, 1.807) is 4.90 Å². The fourth-order valence-electron chi connectivity index (χ4n) is 1.88. The van der Waals surface area contributed by atoms with E-state index in [-0.39, 0.29) is 19.0 Å². The Morgan fingerprint density at radius 3 is 2.67 bits per heavy atom. The van der Waals surface area contributed by atoms with E-state index in [0.29, 0.717) is 6.54 Å². The summed E-state index contributed by atoms with van der Waals surface area (Å²) in [5.74, 6) is -1.62. The Balaban J connectivity index is 2.21. The van der Waals surface area contributed by atoms with Gasteiger partial charge in [-0.2, -0.15) is 0 Å². The first-order chi connectivity index (χ1) is 8.56. The molecule has 1 fully saturated rings. The highest BCUT2D eigenvalue weighted by atomic mass is 79.9. The molecule has 18 heavy (non-hydrogen) atoms. The lowest BCUT2D eigenvalue weighted by molar-refractivity contribution is -0.141. The third-order valence-corrected chi connectivity index (χ3v) is 3.39. The van der Waals surface area contributed by atoms with Crippen molar-refractivity contribution < 1.29 is 14.7 Å². The van der Waals surface area contributed by atoms with Gasteiger partial charge in [0.15, 0.2) is 0 Å². The van der Waals surface area contributed by atoms with Crippen molar-refractivity contribution in [2.45, 2.75) is 0 Å². The molecule has 0 aromatic heterocycles. The average molecular weight is 313 g/mol. The van der Waals surface area contributed by atoms with Crippen LogP contribution in [0.2, 0.25) is 0 Å². The van der Waals surface area contributed by atoms with Crippen molar-refractivity contribution in [2.75, 3.05) is 24.5 Å². The number of anilines is 1. The summed E-state index contributed by atoms with van der Waals surface area (Å²) in [6.45, 7) is 0.697. The summed E-state index contributed by atoms with van der Waals surface area (Å²) in [6, 6.07) is 7.46. The van der Waals surface area contributed by atoms with Gasteiger partial charge in [0.05, 0.1) is 12.5 Å². The third-order valence-electron chi connectivity index (χ3n) is 2.86. The third kappa shape index (κ3) is 3.01. The summed E-state index contributed by atoms with van der Waals surface area (Å²) in [5.41, 5.74) is 0.849. The molecule has 1 amide bonds. The number of hydrogen-bond acceptors (Lipinski definition) is 3. The van der Waals surface area contributed by atoms with Gasteiger partial charge in [-0.3, -0.25) is 9.59 Å². The van der Waals surface area contributed by atoms with Crippen LogP contribution in [0.1, 0.15) is 0 Å². The van der Waals surface area contributed by atoms with Crippen LogP contribution in [0.4, 0.5) is 5.69 Å². The van der Waals surface area contributed by atoms with Crippen LogP contribution in [0, 0.1) is 5.92 Å². The van der Waals surface area contributed by atoms with Crippen LogP contribution in [0.25, 0.3) is 0 Å². The van der Waals surface area contributed by atoms with E-state index < -0.39 is 11.9 Å². The van der Waals surface area contributed by atoms with E-state index in [0.717, 1.165) is 10.2 Å². The van der Waals surface area contributed by atoms with Crippen LogP contribution in [0.5, 0.6) is 0 Å². The minimum atomic E-state index is -0.890. The summed E-state index contributed by atoms with van der Waals surface area (Å²) in [4.78, 5) is 24.4. The van der Waals surface area contributed by atoms with Gasteiger partial charge in [0.2, 0.25) is 5.91 Å². The van der Waals surface area contributed by atoms with E-state index in [1.165, 1.54) is 0 Å². The fraction of sp³-hybridized carbons (Fsp3) is 0.333. The van der Waals surface area contributed by atoms with Crippen LogP contribution in [-0.4, -0.2) is 36.6 Å². The number of benzene rings is 1. The molecule has 1 aliphatic rings. The van der Waals surface area contributed by atoms with Gasteiger partial charge in [0, 0.05) is 23.2 Å². The first-order valence-corrected chi connectivity index (χ1v) is 6.35. The summed E-state index contributed by atoms with van der Waals surface area (Å²) < 4.78 is 0.945. The molecule has 1 unspecified atom stereocenters. The molecule has 1 heterocycles. The second-order valence-electron chi connectivity index (χ2n) is 4.20. The molecule has 0 spiro atoms. The van der Waals surface area contributed by atoms with Gasteiger partial charge in [-0.1, -0.05) is 15.9 Å². The number of nitrogens with zero attached hydrogens (tertiary/aromatic N) is 1. The highest BCUT2D eigenvalue weighted by Gasteiger charge is 2.26. The molecular formula is C12H13BrN2O3. The van der Waals surface area contributed by atoms with Crippen LogP contribution in [0.15, 0.2) is 28.7 Å². The molecule has 0 bridgehead atoms. The van der Waals surface area contributed by atoms with Crippen molar-refractivity contribution in [3.8, 4) is 0 Å². The van der Waals surface area contributed by atoms with E-state index in [4.69, 9.17) is 5.11 Å². The molecule has 0 saturated carbocycles. The predicted octanol–water partition coefficient (Wildman–Crippen LogP) is 1.09. The molecule has 6 heteroatoms. The number of nitrogens with one attached hydrogen (secondary N) is 1.